The number of ketones is 1. The third-order valence-electron chi connectivity index (χ3n) is 4.48. The molecule has 134 valence electrons. The van der Waals surface area contributed by atoms with Crippen molar-refractivity contribution in [3.05, 3.63) is 63.8 Å². The van der Waals surface area contributed by atoms with E-state index in [4.69, 9.17) is 11.6 Å². The lowest BCUT2D eigenvalue weighted by Crippen LogP contribution is -2.29. The molecule has 0 aliphatic heterocycles. The number of halogens is 1. The number of allylic oxidation sites excluding steroid dienone is 3. The molecule has 26 heavy (non-hydrogen) atoms. The molecule has 3 rings (SSSR count). The van der Waals surface area contributed by atoms with Crippen LogP contribution in [0.3, 0.4) is 0 Å². The summed E-state index contributed by atoms with van der Waals surface area (Å²) in [6.07, 6.45) is 4.07. The van der Waals surface area contributed by atoms with Crippen molar-refractivity contribution in [2.45, 2.75) is 20.3 Å². The summed E-state index contributed by atoms with van der Waals surface area (Å²) in [6, 6.07) is 7.14. The van der Waals surface area contributed by atoms with Gasteiger partial charge in [-0.1, -0.05) is 35.4 Å². The maximum atomic E-state index is 12.6. The maximum Gasteiger partial charge on any atom is 0.253 e. The number of hydrogen-bond acceptors (Lipinski definition) is 3. The van der Waals surface area contributed by atoms with Gasteiger partial charge in [0.05, 0.1) is 16.3 Å². The zero-order valence-corrected chi connectivity index (χ0v) is 15.7. The number of hydrogen-bond donors (Lipinski definition) is 1. The Kier molecular flexibility index (Phi) is 5.09. The minimum atomic E-state index is -0.307. The second kappa shape index (κ2) is 7.30. The molecule has 1 heterocycles. The summed E-state index contributed by atoms with van der Waals surface area (Å²) < 4.78 is 1.70. The number of rotatable bonds is 4. The average Bonchev–Trinajstić information content (AvgIpc) is 2.99. The molecule has 1 aromatic carbocycles. The summed E-state index contributed by atoms with van der Waals surface area (Å²) in [5.41, 5.74) is 4.51. The number of benzene rings is 1. The Bertz CT molecular complexity index is 954. The van der Waals surface area contributed by atoms with Gasteiger partial charge in [0.25, 0.3) is 5.91 Å². The highest BCUT2D eigenvalue weighted by Gasteiger charge is 2.20. The van der Waals surface area contributed by atoms with Crippen LogP contribution in [0, 0.1) is 0 Å². The quantitative estimate of drug-likeness (QED) is 0.893. The molecule has 0 atom stereocenters. The van der Waals surface area contributed by atoms with Gasteiger partial charge < -0.3 is 5.32 Å². The second-order valence-electron chi connectivity index (χ2n) is 6.44. The van der Waals surface area contributed by atoms with Crippen LogP contribution in [0.1, 0.15) is 30.6 Å². The third kappa shape index (κ3) is 3.48. The number of carbonyl (C=O) groups excluding carboxylic acids is 2. The Morgan fingerprint density at radius 2 is 2.08 bits per heavy atom. The molecule has 2 aromatic rings. The molecule has 0 unspecified atom stereocenters. The molecule has 1 N–H and O–H groups in total. The van der Waals surface area contributed by atoms with Gasteiger partial charge in [-0.05, 0) is 31.6 Å². The van der Waals surface area contributed by atoms with Gasteiger partial charge in [-0.3, -0.25) is 14.3 Å². The van der Waals surface area contributed by atoms with E-state index in [2.05, 4.69) is 10.4 Å². The SMILES string of the molecule is CC1=CC(C)=C(CNC(=O)c2cccc(-c3ccnn3C)c2Cl)C(=O)C1. The normalized spacial score (nSPS) is 14.5. The predicted molar refractivity (Wildman–Crippen MR) is 102 cm³/mol. The standard InChI is InChI=1S/C20H20ClN3O2/c1-12-9-13(2)16(18(25)10-12)11-22-20(26)15-6-4-5-14(19(15)21)17-7-8-23-24(17)3/h4-9H,10-11H2,1-3H3,(H,22,26). The summed E-state index contributed by atoms with van der Waals surface area (Å²) in [4.78, 5) is 24.8. The second-order valence-corrected chi connectivity index (χ2v) is 6.82. The van der Waals surface area contributed by atoms with E-state index in [1.807, 2.05) is 39.1 Å². The molecular weight excluding hydrogens is 350 g/mol. The van der Waals surface area contributed by atoms with Crippen molar-refractivity contribution < 1.29 is 9.59 Å². The predicted octanol–water partition coefficient (Wildman–Crippen LogP) is 3.71. The zero-order chi connectivity index (χ0) is 18.8. The van der Waals surface area contributed by atoms with Gasteiger partial charge in [0.15, 0.2) is 5.78 Å². The average molecular weight is 370 g/mol. The molecule has 1 aromatic heterocycles. The van der Waals surface area contributed by atoms with Crippen molar-refractivity contribution >= 4 is 23.3 Å². The summed E-state index contributed by atoms with van der Waals surface area (Å²) in [6.45, 7) is 4.01. The van der Waals surface area contributed by atoms with Crippen molar-refractivity contribution in [3.63, 3.8) is 0 Å². The highest BCUT2D eigenvalue weighted by atomic mass is 35.5. The minimum absolute atomic E-state index is 0.0533. The Labute approximate surface area is 157 Å². The van der Waals surface area contributed by atoms with E-state index in [9.17, 15) is 9.59 Å². The lowest BCUT2D eigenvalue weighted by molar-refractivity contribution is -0.115. The Balaban J connectivity index is 1.82. The fraction of sp³-hybridized carbons (Fsp3) is 0.250. The lowest BCUT2D eigenvalue weighted by atomic mass is 9.92. The first-order valence-corrected chi connectivity index (χ1v) is 8.71. The molecule has 6 heteroatoms. The van der Waals surface area contributed by atoms with Gasteiger partial charge in [-0.25, -0.2) is 0 Å². The number of aromatic nitrogens is 2. The molecule has 0 radical (unpaired) electrons. The van der Waals surface area contributed by atoms with E-state index in [0.29, 0.717) is 22.6 Å². The van der Waals surface area contributed by atoms with Crippen molar-refractivity contribution in [1.82, 2.24) is 15.1 Å². The van der Waals surface area contributed by atoms with Crippen LogP contribution >= 0.6 is 11.6 Å². The van der Waals surface area contributed by atoms with Gasteiger partial charge in [0, 0.05) is 37.3 Å². The van der Waals surface area contributed by atoms with Crippen LogP contribution in [0.15, 0.2) is 53.3 Å². The van der Waals surface area contributed by atoms with Crippen LogP contribution in [-0.4, -0.2) is 28.0 Å². The monoisotopic (exact) mass is 369 g/mol. The van der Waals surface area contributed by atoms with E-state index in [1.54, 1.807) is 23.0 Å². The van der Waals surface area contributed by atoms with Gasteiger partial charge in [0.2, 0.25) is 0 Å². The highest BCUT2D eigenvalue weighted by Crippen LogP contribution is 2.30. The molecule has 0 spiro atoms. The molecule has 1 aliphatic carbocycles. The lowest BCUT2D eigenvalue weighted by Gasteiger charge is -2.16. The number of aryl methyl sites for hydroxylation is 1. The smallest absolute Gasteiger partial charge is 0.253 e. The van der Waals surface area contributed by atoms with Crippen molar-refractivity contribution in [2.75, 3.05) is 6.54 Å². The molecular formula is C20H20ClN3O2. The minimum Gasteiger partial charge on any atom is -0.348 e. The van der Waals surface area contributed by atoms with E-state index < -0.39 is 0 Å². The molecule has 0 saturated heterocycles. The van der Waals surface area contributed by atoms with Crippen molar-refractivity contribution in [1.29, 1.82) is 0 Å². The number of nitrogens with zero attached hydrogens (tertiary/aromatic N) is 2. The molecule has 5 nitrogen and oxygen atoms in total. The van der Waals surface area contributed by atoms with Crippen molar-refractivity contribution in [2.24, 2.45) is 7.05 Å². The summed E-state index contributed by atoms with van der Waals surface area (Å²) >= 11 is 6.47. The first kappa shape index (κ1) is 18.1. The van der Waals surface area contributed by atoms with E-state index >= 15 is 0 Å². The topological polar surface area (TPSA) is 64.0 Å². The van der Waals surface area contributed by atoms with E-state index in [-0.39, 0.29) is 18.2 Å². The molecule has 0 saturated carbocycles. The fourth-order valence-electron chi connectivity index (χ4n) is 3.13. The number of carbonyl (C=O) groups is 2. The zero-order valence-electron chi connectivity index (χ0n) is 15.0. The van der Waals surface area contributed by atoms with Crippen LogP contribution in [0.4, 0.5) is 0 Å². The van der Waals surface area contributed by atoms with Gasteiger partial charge in [0.1, 0.15) is 0 Å². The molecule has 1 aliphatic rings. The van der Waals surface area contributed by atoms with Crippen LogP contribution in [-0.2, 0) is 11.8 Å². The Morgan fingerprint density at radius 3 is 2.73 bits per heavy atom. The number of nitrogens with one attached hydrogen (secondary N) is 1. The fourth-order valence-corrected chi connectivity index (χ4v) is 3.44. The van der Waals surface area contributed by atoms with Crippen LogP contribution in [0.25, 0.3) is 11.3 Å². The first-order valence-electron chi connectivity index (χ1n) is 8.33. The van der Waals surface area contributed by atoms with Crippen LogP contribution < -0.4 is 5.32 Å². The summed E-state index contributed by atoms with van der Waals surface area (Å²) in [5.74, 6) is -0.254. The maximum absolute atomic E-state index is 12.6. The van der Waals surface area contributed by atoms with Gasteiger partial charge in [-0.15, -0.1) is 0 Å². The summed E-state index contributed by atoms with van der Waals surface area (Å²) in [7, 11) is 1.82. The number of Topliss-reactive ketones (excluding diaryl/α,β-unsaturated/α-hetero) is 1. The van der Waals surface area contributed by atoms with Gasteiger partial charge >= 0.3 is 0 Å². The molecule has 0 bridgehead atoms. The third-order valence-corrected chi connectivity index (χ3v) is 4.89. The highest BCUT2D eigenvalue weighted by molar-refractivity contribution is 6.36. The Morgan fingerprint density at radius 1 is 1.31 bits per heavy atom. The van der Waals surface area contributed by atoms with Crippen LogP contribution in [0.5, 0.6) is 0 Å². The number of amides is 1. The van der Waals surface area contributed by atoms with Crippen molar-refractivity contribution in [3.8, 4) is 11.3 Å². The Hall–Kier alpha value is -2.66. The van der Waals surface area contributed by atoms with E-state index in [0.717, 1.165) is 22.4 Å². The molecule has 1 amide bonds. The van der Waals surface area contributed by atoms with Crippen LogP contribution in [0.2, 0.25) is 5.02 Å². The summed E-state index contributed by atoms with van der Waals surface area (Å²) in [5, 5.41) is 7.32. The first-order chi connectivity index (χ1) is 12.4. The van der Waals surface area contributed by atoms with Gasteiger partial charge in [-0.2, -0.15) is 5.10 Å². The molecule has 0 fully saturated rings. The van der Waals surface area contributed by atoms with E-state index in [1.165, 1.54) is 0 Å². The largest absolute Gasteiger partial charge is 0.348 e.